The number of rotatable bonds is 3. The van der Waals surface area contributed by atoms with Gasteiger partial charge in [-0.3, -0.25) is 4.72 Å². The molecule has 0 aliphatic rings. The lowest BCUT2D eigenvalue weighted by Crippen LogP contribution is -2.13. The first-order chi connectivity index (χ1) is 8.79. The number of nitrogens with zero attached hydrogens (tertiary/aromatic N) is 1. The Labute approximate surface area is 111 Å². The number of H-pyrrole nitrogens is 1. The highest BCUT2D eigenvalue weighted by atomic mass is 32.2. The van der Waals surface area contributed by atoms with Crippen molar-refractivity contribution >= 4 is 15.7 Å². The van der Waals surface area contributed by atoms with E-state index in [2.05, 4.69) is 14.7 Å². The van der Waals surface area contributed by atoms with Crippen molar-refractivity contribution in [1.82, 2.24) is 9.97 Å². The number of anilines is 1. The molecule has 3 N–H and O–H groups in total. The van der Waals surface area contributed by atoms with Crippen LogP contribution in [0, 0.1) is 20.8 Å². The van der Waals surface area contributed by atoms with Crippen LogP contribution in [0.2, 0.25) is 0 Å². The molecule has 1 aromatic carbocycles. The van der Waals surface area contributed by atoms with E-state index in [0.717, 1.165) is 5.56 Å². The van der Waals surface area contributed by atoms with Gasteiger partial charge in [0.2, 0.25) is 0 Å². The summed E-state index contributed by atoms with van der Waals surface area (Å²) in [6.07, 6.45) is 1.23. The third kappa shape index (κ3) is 2.70. The molecule has 1 heterocycles. The van der Waals surface area contributed by atoms with Crippen LogP contribution in [0.3, 0.4) is 0 Å². The van der Waals surface area contributed by atoms with Crippen molar-refractivity contribution < 1.29 is 13.5 Å². The highest BCUT2D eigenvalue weighted by molar-refractivity contribution is 7.92. The fraction of sp³-hybridized carbons (Fsp3) is 0.250. The van der Waals surface area contributed by atoms with Gasteiger partial charge in [0.25, 0.3) is 10.0 Å². The van der Waals surface area contributed by atoms with E-state index in [-0.39, 0.29) is 16.5 Å². The third-order valence-electron chi connectivity index (χ3n) is 2.66. The summed E-state index contributed by atoms with van der Waals surface area (Å²) >= 11 is 0. The molecule has 1 aromatic heterocycles. The highest BCUT2D eigenvalue weighted by Gasteiger charge is 2.19. The van der Waals surface area contributed by atoms with Gasteiger partial charge >= 0.3 is 0 Å². The Morgan fingerprint density at radius 2 is 1.95 bits per heavy atom. The predicted octanol–water partition coefficient (Wildman–Crippen LogP) is 1.84. The van der Waals surface area contributed by atoms with Gasteiger partial charge in [-0.15, -0.1) is 0 Å². The van der Waals surface area contributed by atoms with Gasteiger partial charge in [-0.05, 0) is 38.0 Å². The largest absolute Gasteiger partial charge is 0.505 e. The van der Waals surface area contributed by atoms with Crippen LogP contribution in [0.5, 0.6) is 5.75 Å². The van der Waals surface area contributed by atoms with Gasteiger partial charge in [0.1, 0.15) is 11.6 Å². The van der Waals surface area contributed by atoms with E-state index in [1.807, 2.05) is 6.92 Å². The number of aromatic amines is 1. The quantitative estimate of drug-likeness (QED) is 0.748. The monoisotopic (exact) mass is 281 g/mol. The molecule has 0 bridgehead atoms. The molecule has 0 amide bonds. The van der Waals surface area contributed by atoms with Gasteiger partial charge in [-0.1, -0.05) is 6.07 Å². The van der Waals surface area contributed by atoms with Crippen molar-refractivity contribution in [3.05, 3.63) is 35.3 Å². The molecule has 2 aromatic rings. The molecule has 0 fully saturated rings. The minimum Gasteiger partial charge on any atom is -0.505 e. The normalized spacial score (nSPS) is 11.5. The first kappa shape index (κ1) is 13.4. The molecule has 0 radical (unpaired) electrons. The van der Waals surface area contributed by atoms with Crippen molar-refractivity contribution in [2.24, 2.45) is 0 Å². The van der Waals surface area contributed by atoms with Crippen molar-refractivity contribution in [3.8, 4) is 5.75 Å². The molecule has 19 heavy (non-hydrogen) atoms. The number of sulfonamides is 1. The number of hydrogen-bond acceptors (Lipinski definition) is 4. The van der Waals surface area contributed by atoms with Crippen LogP contribution in [0.15, 0.2) is 23.4 Å². The standard InChI is InChI=1S/C12H15N3O3S/c1-7-4-8(2)12(16)10(5-7)15-19(17,18)11-6-13-9(3)14-11/h4-6,15-16H,1-3H3,(H,13,14). The summed E-state index contributed by atoms with van der Waals surface area (Å²) in [5.74, 6) is 0.426. The fourth-order valence-corrected chi connectivity index (χ4v) is 2.80. The Morgan fingerprint density at radius 3 is 2.53 bits per heavy atom. The Bertz CT molecular complexity index is 720. The molecule has 0 aliphatic heterocycles. The second-order valence-electron chi connectivity index (χ2n) is 4.42. The van der Waals surface area contributed by atoms with Crippen molar-refractivity contribution in [1.29, 1.82) is 0 Å². The summed E-state index contributed by atoms with van der Waals surface area (Å²) in [5.41, 5.74) is 1.62. The van der Waals surface area contributed by atoms with Crippen molar-refractivity contribution in [2.45, 2.75) is 25.8 Å². The molecular weight excluding hydrogens is 266 g/mol. The van der Waals surface area contributed by atoms with E-state index >= 15 is 0 Å². The second-order valence-corrected chi connectivity index (χ2v) is 6.07. The van der Waals surface area contributed by atoms with Crippen molar-refractivity contribution in [3.63, 3.8) is 0 Å². The van der Waals surface area contributed by atoms with Crippen LogP contribution in [-0.4, -0.2) is 23.5 Å². The lowest BCUT2D eigenvalue weighted by atomic mass is 10.1. The average molecular weight is 281 g/mol. The van der Waals surface area contributed by atoms with Crippen LogP contribution in [0.25, 0.3) is 0 Å². The number of nitrogens with one attached hydrogen (secondary N) is 2. The van der Waals surface area contributed by atoms with Gasteiger partial charge in [0, 0.05) is 0 Å². The SMILES string of the molecule is Cc1cc(C)c(O)c(NS(=O)(=O)c2cnc(C)[nH]2)c1. The van der Waals surface area contributed by atoms with Crippen molar-refractivity contribution in [2.75, 3.05) is 4.72 Å². The molecule has 0 spiro atoms. The highest BCUT2D eigenvalue weighted by Crippen LogP contribution is 2.30. The summed E-state index contributed by atoms with van der Waals surface area (Å²) in [5, 5.41) is 9.85. The maximum absolute atomic E-state index is 12.1. The number of hydrogen-bond donors (Lipinski definition) is 3. The number of phenols is 1. The molecule has 0 unspecified atom stereocenters. The van der Waals surface area contributed by atoms with E-state index in [1.165, 1.54) is 6.20 Å². The fourth-order valence-electron chi connectivity index (χ4n) is 1.77. The van der Waals surface area contributed by atoms with E-state index in [0.29, 0.717) is 11.4 Å². The van der Waals surface area contributed by atoms with Gasteiger partial charge in [-0.2, -0.15) is 8.42 Å². The summed E-state index contributed by atoms with van der Waals surface area (Å²) in [4.78, 5) is 6.49. The van der Waals surface area contributed by atoms with Crippen LogP contribution >= 0.6 is 0 Å². The zero-order valence-corrected chi connectivity index (χ0v) is 11.7. The Balaban J connectivity index is 2.41. The Hall–Kier alpha value is -2.02. The maximum atomic E-state index is 12.1. The molecule has 0 atom stereocenters. The first-order valence-electron chi connectivity index (χ1n) is 5.64. The summed E-state index contributed by atoms with van der Waals surface area (Å²) in [6.45, 7) is 5.19. The molecule has 6 nitrogen and oxygen atoms in total. The molecule has 0 saturated heterocycles. The van der Waals surface area contributed by atoms with Crippen LogP contribution in [0.4, 0.5) is 5.69 Å². The van der Waals surface area contributed by atoms with Gasteiger partial charge in [0.15, 0.2) is 5.03 Å². The number of imidazole rings is 1. The van der Waals surface area contributed by atoms with E-state index in [9.17, 15) is 13.5 Å². The molecule has 2 rings (SSSR count). The number of aromatic hydroxyl groups is 1. The van der Waals surface area contributed by atoms with Crippen LogP contribution < -0.4 is 4.72 Å². The van der Waals surface area contributed by atoms with E-state index < -0.39 is 10.0 Å². The molecule has 0 saturated carbocycles. The minimum absolute atomic E-state index is 0.0384. The summed E-state index contributed by atoms with van der Waals surface area (Å²) in [6, 6.07) is 3.34. The van der Waals surface area contributed by atoms with Gasteiger partial charge in [-0.25, -0.2) is 4.98 Å². The van der Waals surface area contributed by atoms with E-state index in [1.54, 1.807) is 26.0 Å². The smallest absolute Gasteiger partial charge is 0.279 e. The Morgan fingerprint density at radius 1 is 1.26 bits per heavy atom. The lowest BCUT2D eigenvalue weighted by Gasteiger charge is -2.11. The first-order valence-corrected chi connectivity index (χ1v) is 7.12. The minimum atomic E-state index is -3.78. The lowest BCUT2D eigenvalue weighted by molar-refractivity contribution is 0.473. The zero-order chi connectivity index (χ0) is 14.2. The second kappa shape index (κ2) is 4.58. The maximum Gasteiger partial charge on any atom is 0.279 e. The molecular formula is C12H15N3O3S. The topological polar surface area (TPSA) is 95.1 Å². The molecule has 7 heteroatoms. The van der Waals surface area contributed by atoms with Gasteiger partial charge in [0.05, 0.1) is 11.9 Å². The molecule has 102 valence electrons. The number of benzene rings is 1. The number of aryl methyl sites for hydroxylation is 3. The third-order valence-corrected chi connectivity index (χ3v) is 3.93. The van der Waals surface area contributed by atoms with Crippen LogP contribution in [-0.2, 0) is 10.0 Å². The average Bonchev–Trinajstić information content (AvgIpc) is 2.72. The summed E-state index contributed by atoms with van der Waals surface area (Å²) in [7, 11) is -3.78. The molecule has 0 aliphatic carbocycles. The Kier molecular flexibility index (Phi) is 3.23. The summed E-state index contributed by atoms with van der Waals surface area (Å²) < 4.78 is 26.5. The number of phenolic OH excluding ortho intramolecular Hbond substituents is 1. The van der Waals surface area contributed by atoms with E-state index in [4.69, 9.17) is 0 Å². The van der Waals surface area contributed by atoms with Gasteiger partial charge < -0.3 is 10.1 Å². The predicted molar refractivity (Wildman–Crippen MR) is 71.7 cm³/mol. The number of aromatic nitrogens is 2. The zero-order valence-electron chi connectivity index (χ0n) is 10.9. The van der Waals surface area contributed by atoms with Crippen LogP contribution in [0.1, 0.15) is 17.0 Å².